The topological polar surface area (TPSA) is 68.2 Å². The Bertz CT molecular complexity index is 909. The van der Waals surface area contributed by atoms with Gasteiger partial charge in [0.05, 0.1) is 12.6 Å². The minimum Gasteiger partial charge on any atom is -0.493 e. The number of benzene rings is 1. The van der Waals surface area contributed by atoms with Gasteiger partial charge in [0, 0.05) is 24.1 Å². The van der Waals surface area contributed by atoms with Crippen LogP contribution < -0.4 is 15.4 Å². The molecule has 6 nitrogen and oxygen atoms in total. The van der Waals surface area contributed by atoms with Crippen molar-refractivity contribution >= 4 is 11.7 Å². The van der Waals surface area contributed by atoms with Crippen molar-refractivity contribution in [1.82, 2.24) is 15.1 Å². The molecular weight excluding hydrogens is 385 g/mol. The van der Waals surface area contributed by atoms with Crippen molar-refractivity contribution < 1.29 is 22.7 Å². The van der Waals surface area contributed by atoms with Gasteiger partial charge in [-0.3, -0.25) is 4.79 Å². The summed E-state index contributed by atoms with van der Waals surface area (Å²) in [7, 11) is 0. The summed E-state index contributed by atoms with van der Waals surface area (Å²) < 4.78 is 47.3. The Morgan fingerprint density at radius 1 is 1.34 bits per heavy atom. The van der Waals surface area contributed by atoms with Crippen LogP contribution in [0.5, 0.6) is 5.75 Å². The van der Waals surface area contributed by atoms with Crippen LogP contribution in [-0.4, -0.2) is 34.5 Å². The van der Waals surface area contributed by atoms with Crippen LogP contribution in [0.1, 0.15) is 54.8 Å². The van der Waals surface area contributed by atoms with Crippen molar-refractivity contribution in [2.24, 2.45) is 5.92 Å². The van der Waals surface area contributed by atoms with E-state index >= 15 is 0 Å². The number of aromatic nitrogens is 2. The zero-order valence-corrected chi connectivity index (χ0v) is 16.2. The van der Waals surface area contributed by atoms with Gasteiger partial charge in [-0.15, -0.1) is 0 Å². The molecule has 0 radical (unpaired) electrons. The summed E-state index contributed by atoms with van der Waals surface area (Å²) in [6, 6.07) is 6.42. The minimum atomic E-state index is -4.44. The number of ether oxygens (including phenoxy) is 1. The molecule has 0 aliphatic carbocycles. The van der Waals surface area contributed by atoms with E-state index in [-0.39, 0.29) is 35.9 Å². The molecule has 2 aliphatic heterocycles. The summed E-state index contributed by atoms with van der Waals surface area (Å²) in [6.45, 7) is 4.19. The van der Waals surface area contributed by atoms with Crippen LogP contribution in [0.25, 0.3) is 0 Å². The number of nitrogens with one attached hydrogen (secondary N) is 2. The van der Waals surface area contributed by atoms with E-state index in [1.54, 1.807) is 0 Å². The monoisotopic (exact) mass is 408 g/mol. The molecule has 2 aromatic rings. The summed E-state index contributed by atoms with van der Waals surface area (Å²) in [4.78, 5) is 12.8. The number of hydrogen-bond acceptors (Lipinski definition) is 4. The number of anilines is 1. The van der Waals surface area contributed by atoms with Gasteiger partial charge in [0.25, 0.3) is 5.91 Å². The van der Waals surface area contributed by atoms with Gasteiger partial charge in [-0.2, -0.15) is 18.3 Å². The average molecular weight is 408 g/mol. The van der Waals surface area contributed by atoms with Crippen LogP contribution in [0.15, 0.2) is 30.3 Å². The van der Waals surface area contributed by atoms with Crippen LogP contribution in [0.3, 0.4) is 0 Å². The van der Waals surface area contributed by atoms with Crippen LogP contribution in [-0.2, 0) is 0 Å². The van der Waals surface area contributed by atoms with E-state index in [1.807, 2.05) is 38.1 Å². The summed E-state index contributed by atoms with van der Waals surface area (Å²) in [6.07, 6.45) is -3.98. The SMILES string of the molecule is CC(C)C1CC(C(F)(F)F)n2nc(C(=O)NC3CCOc4ccccc43)cc2N1. The Balaban J connectivity index is 1.59. The van der Waals surface area contributed by atoms with Crippen LogP contribution in [0.4, 0.5) is 19.0 Å². The number of carbonyl (C=O) groups excluding carboxylic acids is 1. The number of hydrogen-bond donors (Lipinski definition) is 2. The third kappa shape index (κ3) is 3.77. The first-order chi connectivity index (χ1) is 13.7. The molecule has 0 spiro atoms. The highest BCUT2D eigenvalue weighted by Gasteiger charge is 2.47. The lowest BCUT2D eigenvalue weighted by Crippen LogP contribution is -2.41. The van der Waals surface area contributed by atoms with Crippen molar-refractivity contribution in [2.45, 2.75) is 51.0 Å². The molecule has 3 heterocycles. The maximum atomic E-state index is 13.6. The minimum absolute atomic E-state index is 0.0134. The second kappa shape index (κ2) is 7.27. The van der Waals surface area contributed by atoms with E-state index in [4.69, 9.17) is 4.74 Å². The molecule has 156 valence electrons. The molecule has 0 bridgehead atoms. The normalized spacial score (nSPS) is 23.6. The first kappa shape index (κ1) is 19.6. The summed E-state index contributed by atoms with van der Waals surface area (Å²) in [5.41, 5.74) is 0.817. The van der Waals surface area contributed by atoms with Crippen molar-refractivity contribution in [2.75, 3.05) is 11.9 Å². The Hall–Kier alpha value is -2.71. The molecule has 3 atom stereocenters. The predicted molar refractivity (Wildman–Crippen MR) is 101 cm³/mol. The molecule has 29 heavy (non-hydrogen) atoms. The highest BCUT2D eigenvalue weighted by molar-refractivity contribution is 5.93. The Morgan fingerprint density at radius 3 is 2.83 bits per heavy atom. The molecule has 4 rings (SSSR count). The third-order valence-corrected chi connectivity index (χ3v) is 5.52. The summed E-state index contributed by atoms with van der Waals surface area (Å²) in [5, 5.41) is 9.98. The number of rotatable bonds is 3. The van der Waals surface area contributed by atoms with Crippen molar-refractivity contribution in [3.63, 3.8) is 0 Å². The third-order valence-electron chi connectivity index (χ3n) is 5.52. The number of fused-ring (bicyclic) bond motifs is 2. The van der Waals surface area contributed by atoms with Gasteiger partial charge in [0.2, 0.25) is 0 Å². The van der Waals surface area contributed by atoms with Gasteiger partial charge in [-0.1, -0.05) is 32.0 Å². The zero-order chi connectivity index (χ0) is 20.8. The number of carbonyl (C=O) groups is 1. The van der Waals surface area contributed by atoms with E-state index in [1.165, 1.54) is 6.07 Å². The van der Waals surface area contributed by atoms with Crippen molar-refractivity contribution in [3.8, 4) is 5.75 Å². The lowest BCUT2D eigenvalue weighted by Gasteiger charge is -2.35. The van der Waals surface area contributed by atoms with Gasteiger partial charge >= 0.3 is 6.18 Å². The average Bonchev–Trinajstić information content (AvgIpc) is 3.11. The fourth-order valence-corrected chi connectivity index (χ4v) is 3.88. The quantitative estimate of drug-likeness (QED) is 0.803. The highest BCUT2D eigenvalue weighted by Crippen LogP contribution is 2.41. The molecule has 1 amide bonds. The molecule has 0 saturated heterocycles. The van der Waals surface area contributed by atoms with Gasteiger partial charge in [-0.25, -0.2) is 4.68 Å². The first-order valence-electron chi connectivity index (χ1n) is 9.69. The number of alkyl halides is 3. The molecule has 1 aromatic heterocycles. The lowest BCUT2D eigenvalue weighted by molar-refractivity contribution is -0.174. The second-order valence-electron chi connectivity index (χ2n) is 7.85. The lowest BCUT2D eigenvalue weighted by atomic mass is 9.94. The number of nitrogens with zero attached hydrogens (tertiary/aromatic N) is 2. The summed E-state index contributed by atoms with van der Waals surface area (Å²) >= 11 is 0. The first-order valence-corrected chi connectivity index (χ1v) is 9.69. The molecule has 1 aromatic carbocycles. The fourth-order valence-electron chi connectivity index (χ4n) is 3.88. The van der Waals surface area contributed by atoms with E-state index in [0.717, 1.165) is 10.2 Å². The van der Waals surface area contributed by atoms with E-state index in [2.05, 4.69) is 15.7 Å². The van der Waals surface area contributed by atoms with E-state index in [0.29, 0.717) is 18.8 Å². The molecule has 0 saturated carbocycles. The van der Waals surface area contributed by atoms with E-state index in [9.17, 15) is 18.0 Å². The summed E-state index contributed by atoms with van der Waals surface area (Å²) in [5.74, 6) is 0.429. The number of para-hydroxylation sites is 1. The molecule has 2 N–H and O–H groups in total. The van der Waals surface area contributed by atoms with Gasteiger partial charge in [0.1, 0.15) is 11.6 Å². The molecule has 3 unspecified atom stereocenters. The molecule has 0 fully saturated rings. The highest BCUT2D eigenvalue weighted by atomic mass is 19.4. The second-order valence-corrected chi connectivity index (χ2v) is 7.85. The van der Waals surface area contributed by atoms with Gasteiger partial charge in [-0.05, 0) is 18.4 Å². The Kier molecular flexibility index (Phi) is 4.92. The molecular formula is C20H23F3N4O2. The standard InChI is InChI=1S/C20H23F3N4O2/c1-11(2)14-9-17(20(21,22)23)27-18(24-14)10-15(26-27)19(28)25-13-7-8-29-16-6-4-3-5-12(13)16/h3-6,10-11,13-14,17,24H,7-9H2,1-2H3,(H,25,28). The van der Waals surface area contributed by atoms with Crippen molar-refractivity contribution in [1.29, 1.82) is 0 Å². The van der Waals surface area contributed by atoms with Crippen LogP contribution in [0.2, 0.25) is 0 Å². The predicted octanol–water partition coefficient (Wildman–Crippen LogP) is 4.08. The van der Waals surface area contributed by atoms with Gasteiger partial charge in [0.15, 0.2) is 11.7 Å². The molecule has 9 heteroatoms. The Morgan fingerprint density at radius 2 is 2.10 bits per heavy atom. The maximum absolute atomic E-state index is 13.6. The van der Waals surface area contributed by atoms with Crippen LogP contribution >= 0.6 is 0 Å². The smallest absolute Gasteiger partial charge is 0.410 e. The fraction of sp³-hybridized carbons (Fsp3) is 0.500. The maximum Gasteiger partial charge on any atom is 0.410 e. The molecule has 2 aliphatic rings. The van der Waals surface area contributed by atoms with Crippen LogP contribution in [0, 0.1) is 5.92 Å². The number of amides is 1. The Labute approximate surface area is 166 Å². The largest absolute Gasteiger partial charge is 0.493 e. The zero-order valence-electron chi connectivity index (χ0n) is 16.2. The van der Waals surface area contributed by atoms with E-state index < -0.39 is 18.1 Å². The van der Waals surface area contributed by atoms with Gasteiger partial charge < -0.3 is 15.4 Å². The van der Waals surface area contributed by atoms with Crippen molar-refractivity contribution in [3.05, 3.63) is 41.6 Å². The number of halogens is 3.